The van der Waals surface area contributed by atoms with Gasteiger partial charge in [0.1, 0.15) is 0 Å². The Bertz CT molecular complexity index is 733. The molecule has 0 aliphatic carbocycles. The van der Waals surface area contributed by atoms with E-state index in [0.717, 1.165) is 29.6 Å². The molecule has 2 aliphatic heterocycles. The second-order valence-electron chi connectivity index (χ2n) is 6.04. The standard InChI is InChI=1S/C16H18N4O2/c21-15-6-3-7-20(15)11-9-19(10-11)16(22)8-14-12-4-1-2-5-13(12)17-18-14/h1-2,4-5,11H,3,6-10H2,(H,17,18). The molecule has 0 bridgehead atoms. The van der Waals surface area contributed by atoms with Crippen molar-refractivity contribution in [3.05, 3.63) is 30.0 Å². The van der Waals surface area contributed by atoms with Gasteiger partial charge in [-0.25, -0.2) is 0 Å². The molecule has 0 radical (unpaired) electrons. The lowest BCUT2D eigenvalue weighted by Gasteiger charge is -2.44. The summed E-state index contributed by atoms with van der Waals surface area (Å²) >= 11 is 0. The molecule has 2 amide bonds. The molecule has 2 aliphatic rings. The number of carbonyl (C=O) groups is 2. The molecule has 2 aromatic rings. The average Bonchev–Trinajstić information content (AvgIpc) is 3.05. The normalized spacial score (nSPS) is 19.0. The zero-order chi connectivity index (χ0) is 15.1. The fourth-order valence-electron chi connectivity index (χ4n) is 3.32. The largest absolute Gasteiger partial charge is 0.338 e. The molecule has 6 heteroatoms. The number of nitrogens with zero attached hydrogens (tertiary/aromatic N) is 3. The highest BCUT2D eigenvalue weighted by Crippen LogP contribution is 2.23. The summed E-state index contributed by atoms with van der Waals surface area (Å²) in [5.74, 6) is 0.328. The average molecular weight is 298 g/mol. The number of benzene rings is 1. The van der Waals surface area contributed by atoms with Gasteiger partial charge in [0, 0.05) is 31.4 Å². The first-order valence-corrected chi connectivity index (χ1v) is 7.71. The number of hydrogen-bond donors (Lipinski definition) is 1. The van der Waals surface area contributed by atoms with E-state index in [9.17, 15) is 9.59 Å². The molecule has 0 atom stereocenters. The van der Waals surface area contributed by atoms with Crippen LogP contribution in [0.25, 0.3) is 10.9 Å². The van der Waals surface area contributed by atoms with Crippen molar-refractivity contribution in [2.24, 2.45) is 0 Å². The molecule has 22 heavy (non-hydrogen) atoms. The van der Waals surface area contributed by atoms with Crippen LogP contribution in [0.4, 0.5) is 0 Å². The lowest BCUT2D eigenvalue weighted by atomic mass is 10.1. The Balaban J connectivity index is 1.39. The Hall–Kier alpha value is -2.37. The summed E-state index contributed by atoms with van der Waals surface area (Å²) in [7, 11) is 0. The molecule has 0 spiro atoms. The molecule has 0 saturated carbocycles. The number of aromatic nitrogens is 2. The number of likely N-dealkylation sites (tertiary alicyclic amines) is 2. The summed E-state index contributed by atoms with van der Waals surface area (Å²) < 4.78 is 0. The zero-order valence-corrected chi connectivity index (χ0v) is 12.3. The van der Waals surface area contributed by atoms with Crippen LogP contribution in [-0.4, -0.2) is 57.5 Å². The highest BCUT2D eigenvalue weighted by atomic mass is 16.2. The van der Waals surface area contributed by atoms with Gasteiger partial charge in [0.05, 0.1) is 23.7 Å². The van der Waals surface area contributed by atoms with Crippen LogP contribution in [0.3, 0.4) is 0 Å². The van der Waals surface area contributed by atoms with Crippen LogP contribution >= 0.6 is 0 Å². The van der Waals surface area contributed by atoms with Crippen LogP contribution in [0.5, 0.6) is 0 Å². The van der Waals surface area contributed by atoms with Gasteiger partial charge < -0.3 is 9.80 Å². The number of rotatable bonds is 3. The number of aromatic amines is 1. The molecular weight excluding hydrogens is 280 g/mol. The molecule has 0 unspecified atom stereocenters. The zero-order valence-electron chi connectivity index (χ0n) is 12.3. The third-order valence-electron chi connectivity index (χ3n) is 4.63. The molecule has 1 N–H and O–H groups in total. The summed E-state index contributed by atoms with van der Waals surface area (Å²) in [5, 5.41) is 8.18. The van der Waals surface area contributed by atoms with E-state index < -0.39 is 0 Å². The van der Waals surface area contributed by atoms with Crippen molar-refractivity contribution in [3.8, 4) is 0 Å². The lowest BCUT2D eigenvalue weighted by Crippen LogP contribution is -2.61. The van der Waals surface area contributed by atoms with Gasteiger partial charge >= 0.3 is 0 Å². The smallest absolute Gasteiger partial charge is 0.228 e. The minimum atomic E-state index is 0.0947. The summed E-state index contributed by atoms with van der Waals surface area (Å²) in [6.07, 6.45) is 1.94. The SMILES string of the molecule is O=C(Cc1[nH]nc2ccccc12)N1CC(N2CCCC2=O)C1. The minimum Gasteiger partial charge on any atom is -0.338 e. The van der Waals surface area contributed by atoms with Gasteiger partial charge in [-0.05, 0) is 12.5 Å². The second kappa shape index (κ2) is 5.12. The van der Waals surface area contributed by atoms with Crippen LogP contribution < -0.4 is 0 Å². The van der Waals surface area contributed by atoms with E-state index in [4.69, 9.17) is 0 Å². The van der Waals surface area contributed by atoms with Crippen LogP contribution in [0.1, 0.15) is 18.5 Å². The number of para-hydroxylation sites is 1. The summed E-state index contributed by atoms with van der Waals surface area (Å²) in [6.45, 7) is 2.17. The Morgan fingerprint density at radius 1 is 1.32 bits per heavy atom. The van der Waals surface area contributed by atoms with Crippen LogP contribution in [0.15, 0.2) is 24.3 Å². The maximum atomic E-state index is 12.4. The van der Waals surface area contributed by atoms with Crippen molar-refractivity contribution < 1.29 is 9.59 Å². The first kappa shape index (κ1) is 13.3. The number of hydrogen-bond acceptors (Lipinski definition) is 3. The molecule has 114 valence electrons. The van der Waals surface area contributed by atoms with Gasteiger partial charge in [-0.3, -0.25) is 14.7 Å². The first-order chi connectivity index (χ1) is 10.7. The third-order valence-corrected chi connectivity index (χ3v) is 4.63. The predicted octanol–water partition coefficient (Wildman–Crippen LogP) is 0.939. The van der Waals surface area contributed by atoms with Gasteiger partial charge in [-0.15, -0.1) is 0 Å². The van der Waals surface area contributed by atoms with Crippen LogP contribution in [-0.2, 0) is 16.0 Å². The molecule has 1 aromatic carbocycles. The third kappa shape index (κ3) is 2.15. The number of amides is 2. The fourth-order valence-corrected chi connectivity index (χ4v) is 3.32. The van der Waals surface area contributed by atoms with E-state index in [1.54, 1.807) is 0 Å². The molecule has 3 heterocycles. The number of H-pyrrole nitrogens is 1. The topological polar surface area (TPSA) is 69.3 Å². The van der Waals surface area contributed by atoms with E-state index >= 15 is 0 Å². The summed E-state index contributed by atoms with van der Waals surface area (Å²) in [5.41, 5.74) is 1.75. The number of nitrogens with one attached hydrogen (secondary N) is 1. The van der Waals surface area contributed by atoms with E-state index in [1.165, 1.54) is 0 Å². The van der Waals surface area contributed by atoms with Gasteiger partial charge in [0.25, 0.3) is 0 Å². The van der Waals surface area contributed by atoms with Crippen molar-refractivity contribution in [1.29, 1.82) is 0 Å². The van der Waals surface area contributed by atoms with Crippen molar-refractivity contribution >= 4 is 22.7 Å². The Labute approximate surface area is 128 Å². The minimum absolute atomic E-state index is 0.0947. The lowest BCUT2D eigenvalue weighted by molar-refractivity contribution is -0.143. The summed E-state index contributed by atoms with van der Waals surface area (Å²) in [4.78, 5) is 27.8. The highest BCUT2D eigenvalue weighted by Gasteiger charge is 2.38. The molecule has 6 nitrogen and oxygen atoms in total. The molecule has 2 saturated heterocycles. The van der Waals surface area contributed by atoms with Gasteiger partial charge in [0.15, 0.2) is 0 Å². The Kier molecular flexibility index (Phi) is 3.10. The summed E-state index contributed by atoms with van der Waals surface area (Å²) in [6, 6.07) is 8.01. The number of fused-ring (bicyclic) bond motifs is 1. The quantitative estimate of drug-likeness (QED) is 0.917. The van der Waals surface area contributed by atoms with Gasteiger partial charge in [-0.2, -0.15) is 5.10 Å². The monoisotopic (exact) mass is 298 g/mol. The molecule has 2 fully saturated rings. The number of carbonyl (C=O) groups excluding carboxylic acids is 2. The van der Waals surface area contributed by atoms with Crippen molar-refractivity contribution in [2.75, 3.05) is 19.6 Å². The molecule has 1 aromatic heterocycles. The van der Waals surface area contributed by atoms with Crippen molar-refractivity contribution in [2.45, 2.75) is 25.3 Å². The van der Waals surface area contributed by atoms with Crippen LogP contribution in [0.2, 0.25) is 0 Å². The van der Waals surface area contributed by atoms with Crippen LogP contribution in [0, 0.1) is 0 Å². The van der Waals surface area contributed by atoms with E-state index in [0.29, 0.717) is 25.9 Å². The predicted molar refractivity (Wildman–Crippen MR) is 81.1 cm³/mol. The molecule has 4 rings (SSSR count). The fraction of sp³-hybridized carbons (Fsp3) is 0.438. The van der Waals surface area contributed by atoms with Crippen molar-refractivity contribution in [1.82, 2.24) is 20.0 Å². The van der Waals surface area contributed by atoms with Gasteiger partial charge in [-0.1, -0.05) is 18.2 Å². The van der Waals surface area contributed by atoms with Gasteiger partial charge in [0.2, 0.25) is 11.8 Å². The maximum absolute atomic E-state index is 12.4. The van der Waals surface area contributed by atoms with Crippen molar-refractivity contribution in [3.63, 3.8) is 0 Å². The maximum Gasteiger partial charge on any atom is 0.228 e. The van der Waals surface area contributed by atoms with E-state index in [2.05, 4.69) is 10.2 Å². The highest BCUT2D eigenvalue weighted by molar-refractivity contribution is 5.87. The van der Waals surface area contributed by atoms with E-state index in [-0.39, 0.29) is 17.9 Å². The molecular formula is C16H18N4O2. The Morgan fingerprint density at radius 3 is 2.91 bits per heavy atom. The first-order valence-electron chi connectivity index (χ1n) is 7.71. The Morgan fingerprint density at radius 2 is 2.14 bits per heavy atom. The van der Waals surface area contributed by atoms with E-state index in [1.807, 2.05) is 34.1 Å². The second-order valence-corrected chi connectivity index (χ2v) is 6.04.